The molecule has 4 rings (SSSR count). The molecule has 0 spiro atoms. The van der Waals surface area contributed by atoms with Crippen molar-refractivity contribution in [2.45, 2.75) is 26.3 Å². The van der Waals surface area contributed by atoms with Crippen molar-refractivity contribution in [3.63, 3.8) is 0 Å². The van der Waals surface area contributed by atoms with Gasteiger partial charge in [-0.2, -0.15) is 0 Å². The molecule has 1 atom stereocenters. The van der Waals surface area contributed by atoms with Gasteiger partial charge >= 0.3 is 0 Å². The number of hydrogen-bond acceptors (Lipinski definition) is 2. The zero-order valence-electron chi connectivity index (χ0n) is 17.2. The number of carbonyl (C=O) groups is 1. The molecule has 3 heteroatoms. The van der Waals surface area contributed by atoms with Crippen LogP contribution in [0.2, 0.25) is 5.02 Å². The number of rotatable bonds is 6. The first kappa shape index (κ1) is 20.2. The maximum absolute atomic E-state index is 13.2. The van der Waals surface area contributed by atoms with E-state index in [1.807, 2.05) is 60.7 Å². The molecule has 0 saturated carbocycles. The third-order valence-electron chi connectivity index (χ3n) is 5.58. The van der Waals surface area contributed by atoms with Gasteiger partial charge in [-0.25, -0.2) is 0 Å². The van der Waals surface area contributed by atoms with E-state index in [1.54, 1.807) is 0 Å². The van der Waals surface area contributed by atoms with E-state index in [-0.39, 0.29) is 11.8 Å². The van der Waals surface area contributed by atoms with Crippen molar-refractivity contribution < 1.29 is 4.79 Å². The fourth-order valence-corrected chi connectivity index (χ4v) is 3.77. The maximum atomic E-state index is 13.2. The van der Waals surface area contributed by atoms with Crippen LogP contribution in [0, 0.1) is 13.8 Å². The molecule has 4 aromatic carbocycles. The van der Waals surface area contributed by atoms with Gasteiger partial charge in [0, 0.05) is 22.7 Å². The van der Waals surface area contributed by atoms with E-state index in [0.717, 1.165) is 27.6 Å². The molecular formula is C27H24ClNO. The molecule has 1 unspecified atom stereocenters. The van der Waals surface area contributed by atoms with Gasteiger partial charge in [0.15, 0.2) is 5.78 Å². The standard InChI is InChI=1S/C27H24ClNO/c1-18-7-14-25(15-19(18)2)29-26(21-10-12-24(28)13-11-21)17-27(30)23-9-8-20-5-3-4-6-22(20)16-23/h3-16,26,29H,17H2,1-2H3. The van der Waals surface area contributed by atoms with Crippen LogP contribution in [0.3, 0.4) is 0 Å². The van der Waals surface area contributed by atoms with Crippen LogP contribution >= 0.6 is 11.6 Å². The van der Waals surface area contributed by atoms with Gasteiger partial charge in [0.25, 0.3) is 0 Å². The van der Waals surface area contributed by atoms with Crippen molar-refractivity contribution in [2.75, 3.05) is 5.32 Å². The molecule has 4 aromatic rings. The van der Waals surface area contributed by atoms with Crippen molar-refractivity contribution in [1.82, 2.24) is 0 Å². The largest absolute Gasteiger partial charge is 0.378 e. The Bertz CT molecular complexity index is 1200. The summed E-state index contributed by atoms with van der Waals surface area (Å²) in [5.41, 5.74) is 5.23. The molecule has 0 aliphatic rings. The van der Waals surface area contributed by atoms with Crippen molar-refractivity contribution in [1.29, 1.82) is 0 Å². The topological polar surface area (TPSA) is 29.1 Å². The van der Waals surface area contributed by atoms with Crippen LogP contribution in [-0.4, -0.2) is 5.78 Å². The average Bonchev–Trinajstić information content (AvgIpc) is 2.76. The first-order valence-electron chi connectivity index (χ1n) is 10.1. The first-order chi connectivity index (χ1) is 14.5. The lowest BCUT2D eigenvalue weighted by Gasteiger charge is -2.21. The second kappa shape index (κ2) is 8.73. The highest BCUT2D eigenvalue weighted by Crippen LogP contribution is 2.27. The van der Waals surface area contributed by atoms with Gasteiger partial charge in [0.1, 0.15) is 0 Å². The van der Waals surface area contributed by atoms with E-state index in [2.05, 4.69) is 43.4 Å². The second-order valence-corrected chi connectivity index (χ2v) is 8.17. The SMILES string of the molecule is Cc1ccc(NC(CC(=O)c2ccc3ccccc3c2)c2ccc(Cl)cc2)cc1C. The second-order valence-electron chi connectivity index (χ2n) is 7.74. The van der Waals surface area contributed by atoms with Crippen molar-refractivity contribution in [2.24, 2.45) is 0 Å². The minimum Gasteiger partial charge on any atom is -0.378 e. The van der Waals surface area contributed by atoms with Crippen LogP contribution < -0.4 is 5.32 Å². The molecular weight excluding hydrogens is 390 g/mol. The van der Waals surface area contributed by atoms with E-state index in [4.69, 9.17) is 11.6 Å². The van der Waals surface area contributed by atoms with Crippen LogP contribution in [-0.2, 0) is 0 Å². The number of halogens is 1. The highest BCUT2D eigenvalue weighted by molar-refractivity contribution is 6.30. The quantitative estimate of drug-likeness (QED) is 0.331. The minimum absolute atomic E-state index is 0.108. The zero-order valence-corrected chi connectivity index (χ0v) is 17.9. The van der Waals surface area contributed by atoms with Gasteiger partial charge < -0.3 is 5.32 Å². The normalized spacial score (nSPS) is 12.0. The van der Waals surface area contributed by atoms with Gasteiger partial charge in [0.2, 0.25) is 0 Å². The van der Waals surface area contributed by atoms with E-state index >= 15 is 0 Å². The summed E-state index contributed by atoms with van der Waals surface area (Å²) in [7, 11) is 0. The molecule has 0 amide bonds. The lowest BCUT2D eigenvalue weighted by atomic mass is 9.96. The number of benzene rings is 4. The van der Waals surface area contributed by atoms with Crippen LogP contribution in [0.25, 0.3) is 10.8 Å². The lowest BCUT2D eigenvalue weighted by Crippen LogP contribution is -2.16. The number of Topliss-reactive ketones (excluding diaryl/α,β-unsaturated/α-hetero) is 1. The summed E-state index contributed by atoms with van der Waals surface area (Å²) in [5.74, 6) is 0.108. The summed E-state index contributed by atoms with van der Waals surface area (Å²) in [5, 5.41) is 6.45. The van der Waals surface area contributed by atoms with Crippen LogP contribution in [0.4, 0.5) is 5.69 Å². The molecule has 0 fully saturated rings. The van der Waals surface area contributed by atoms with Gasteiger partial charge in [-0.3, -0.25) is 4.79 Å². The van der Waals surface area contributed by atoms with E-state index in [1.165, 1.54) is 11.1 Å². The molecule has 0 heterocycles. The van der Waals surface area contributed by atoms with Gasteiger partial charge in [-0.15, -0.1) is 0 Å². The summed E-state index contributed by atoms with van der Waals surface area (Å²) in [6, 6.07) is 27.8. The van der Waals surface area contributed by atoms with Crippen molar-refractivity contribution in [3.05, 3.63) is 112 Å². The first-order valence-corrected chi connectivity index (χ1v) is 10.5. The third-order valence-corrected chi connectivity index (χ3v) is 5.83. The Morgan fingerprint density at radius 3 is 2.30 bits per heavy atom. The molecule has 30 heavy (non-hydrogen) atoms. The zero-order chi connectivity index (χ0) is 21.1. The number of ketones is 1. The molecule has 0 aromatic heterocycles. The summed E-state index contributed by atoms with van der Waals surface area (Å²) in [4.78, 5) is 13.2. The Hall–Kier alpha value is -3.10. The highest BCUT2D eigenvalue weighted by atomic mass is 35.5. The summed E-state index contributed by atoms with van der Waals surface area (Å²) in [6.45, 7) is 4.19. The monoisotopic (exact) mass is 413 g/mol. The number of nitrogens with one attached hydrogen (secondary N) is 1. The fraction of sp³-hybridized carbons (Fsp3) is 0.148. The number of anilines is 1. The van der Waals surface area contributed by atoms with Crippen molar-refractivity contribution >= 4 is 33.8 Å². The molecule has 1 N–H and O–H groups in total. The van der Waals surface area contributed by atoms with Gasteiger partial charge in [-0.1, -0.05) is 66.2 Å². The number of fused-ring (bicyclic) bond motifs is 1. The van der Waals surface area contributed by atoms with Crippen molar-refractivity contribution in [3.8, 4) is 0 Å². The third kappa shape index (κ3) is 4.55. The molecule has 150 valence electrons. The van der Waals surface area contributed by atoms with E-state index in [0.29, 0.717) is 11.4 Å². The number of hydrogen-bond donors (Lipinski definition) is 1. The Balaban J connectivity index is 1.63. The van der Waals surface area contributed by atoms with Crippen LogP contribution in [0.1, 0.15) is 39.5 Å². The van der Waals surface area contributed by atoms with E-state index in [9.17, 15) is 4.79 Å². The predicted octanol–water partition coefficient (Wildman–Crippen LogP) is 7.54. The molecule has 0 aliphatic heterocycles. The Morgan fingerprint density at radius 2 is 1.57 bits per heavy atom. The minimum atomic E-state index is -0.150. The fourth-order valence-electron chi connectivity index (χ4n) is 3.65. The summed E-state index contributed by atoms with van der Waals surface area (Å²) < 4.78 is 0. The predicted molar refractivity (Wildman–Crippen MR) is 127 cm³/mol. The molecule has 0 aliphatic carbocycles. The molecule has 0 saturated heterocycles. The smallest absolute Gasteiger partial charge is 0.165 e. The number of carbonyl (C=O) groups excluding carboxylic acids is 1. The molecule has 2 nitrogen and oxygen atoms in total. The maximum Gasteiger partial charge on any atom is 0.165 e. The average molecular weight is 414 g/mol. The Kier molecular flexibility index (Phi) is 5.87. The van der Waals surface area contributed by atoms with Gasteiger partial charge in [0.05, 0.1) is 6.04 Å². The molecule has 0 bridgehead atoms. The summed E-state index contributed by atoms with van der Waals surface area (Å²) in [6.07, 6.45) is 0.354. The highest BCUT2D eigenvalue weighted by Gasteiger charge is 2.18. The van der Waals surface area contributed by atoms with E-state index < -0.39 is 0 Å². The van der Waals surface area contributed by atoms with Crippen LogP contribution in [0.5, 0.6) is 0 Å². The Labute approximate surface area is 182 Å². The van der Waals surface area contributed by atoms with Crippen LogP contribution in [0.15, 0.2) is 84.9 Å². The van der Waals surface area contributed by atoms with Gasteiger partial charge in [-0.05, 0) is 71.6 Å². The lowest BCUT2D eigenvalue weighted by molar-refractivity contribution is 0.0976. The number of aryl methyl sites for hydroxylation is 2. The molecule has 0 radical (unpaired) electrons. The summed E-state index contributed by atoms with van der Waals surface area (Å²) >= 11 is 6.08. The Morgan fingerprint density at radius 1 is 0.833 bits per heavy atom.